The molecule has 0 amide bonds. The van der Waals surface area contributed by atoms with Gasteiger partial charge in [0.1, 0.15) is 5.78 Å². The molecule has 2 rings (SSSR count). The number of hydrogen-bond acceptors (Lipinski definition) is 3. The van der Waals surface area contributed by atoms with Crippen molar-refractivity contribution in [2.24, 2.45) is 17.8 Å². The minimum Gasteiger partial charge on any atom is -0.393 e. The maximum absolute atomic E-state index is 10.9. The van der Waals surface area contributed by atoms with Crippen LogP contribution in [0, 0.1) is 17.8 Å². The molecule has 3 nitrogen and oxygen atoms in total. The van der Waals surface area contributed by atoms with Crippen LogP contribution in [0.15, 0.2) is 23.8 Å². The summed E-state index contributed by atoms with van der Waals surface area (Å²) in [6.07, 6.45) is 11.7. The summed E-state index contributed by atoms with van der Waals surface area (Å²) in [6.45, 7) is 3.86. The zero-order chi connectivity index (χ0) is 16.1. The van der Waals surface area contributed by atoms with Crippen LogP contribution in [-0.4, -0.2) is 28.2 Å². The predicted molar refractivity (Wildman–Crippen MR) is 88.4 cm³/mol. The molecule has 0 saturated carbocycles. The molecule has 0 saturated heterocycles. The molecule has 2 N–H and O–H groups in total. The number of allylic oxidation sites excluding steroid dienone is 3. The van der Waals surface area contributed by atoms with E-state index in [1.807, 2.05) is 6.08 Å². The average Bonchev–Trinajstić information content (AvgIpc) is 2.46. The van der Waals surface area contributed by atoms with E-state index in [2.05, 4.69) is 19.1 Å². The monoisotopic (exact) mass is 306 g/mol. The Bertz CT molecular complexity index is 438. The van der Waals surface area contributed by atoms with Gasteiger partial charge in [-0.25, -0.2) is 0 Å². The van der Waals surface area contributed by atoms with Crippen molar-refractivity contribution < 1.29 is 15.0 Å². The topological polar surface area (TPSA) is 57.5 Å². The third-order valence-electron chi connectivity index (χ3n) is 5.27. The highest BCUT2D eigenvalue weighted by Crippen LogP contribution is 2.42. The Morgan fingerprint density at radius 3 is 2.86 bits per heavy atom. The average molecular weight is 306 g/mol. The summed E-state index contributed by atoms with van der Waals surface area (Å²) >= 11 is 0. The third kappa shape index (κ3) is 4.79. The van der Waals surface area contributed by atoms with Gasteiger partial charge in [-0.15, -0.1) is 0 Å². The van der Waals surface area contributed by atoms with Gasteiger partial charge in [0.25, 0.3) is 0 Å². The van der Waals surface area contributed by atoms with Gasteiger partial charge in [-0.05, 0) is 68.8 Å². The Morgan fingerprint density at radius 1 is 1.36 bits per heavy atom. The molecular formula is C19H30O3. The number of aliphatic hydroxyl groups excluding tert-OH is 2. The minimum atomic E-state index is -0.293. The number of hydrogen-bond donors (Lipinski definition) is 2. The fourth-order valence-electron chi connectivity index (χ4n) is 3.94. The molecule has 124 valence electrons. The Balaban J connectivity index is 1.85. The molecule has 0 fully saturated rings. The van der Waals surface area contributed by atoms with Crippen molar-refractivity contribution in [2.75, 3.05) is 0 Å². The molecule has 2 aliphatic carbocycles. The molecule has 0 heterocycles. The normalized spacial score (nSPS) is 32.3. The van der Waals surface area contributed by atoms with Crippen molar-refractivity contribution in [1.29, 1.82) is 0 Å². The van der Waals surface area contributed by atoms with Crippen LogP contribution in [0.2, 0.25) is 0 Å². The van der Waals surface area contributed by atoms with Gasteiger partial charge in [0.15, 0.2) is 0 Å². The second-order valence-corrected chi connectivity index (χ2v) is 7.13. The van der Waals surface area contributed by atoms with Gasteiger partial charge in [-0.1, -0.05) is 25.2 Å². The second kappa shape index (κ2) is 8.07. The van der Waals surface area contributed by atoms with E-state index in [4.69, 9.17) is 0 Å². The standard InChI is InChI=1S/C19H30O3/c1-13-6-7-15-12-17(22)9-11-19(15)18(13)10-8-16(21)5-3-4-14(2)20/h6-7,12-13,16-19,21-22H,3-5,8-11H2,1-2H3. The summed E-state index contributed by atoms with van der Waals surface area (Å²) < 4.78 is 0. The van der Waals surface area contributed by atoms with Gasteiger partial charge in [-0.2, -0.15) is 0 Å². The van der Waals surface area contributed by atoms with E-state index >= 15 is 0 Å². The first-order valence-electron chi connectivity index (χ1n) is 8.73. The van der Waals surface area contributed by atoms with E-state index in [9.17, 15) is 15.0 Å². The molecule has 2 aliphatic rings. The Morgan fingerprint density at radius 2 is 2.14 bits per heavy atom. The highest BCUT2D eigenvalue weighted by atomic mass is 16.3. The zero-order valence-corrected chi connectivity index (χ0v) is 13.9. The summed E-state index contributed by atoms with van der Waals surface area (Å²) in [4.78, 5) is 10.9. The van der Waals surface area contributed by atoms with Gasteiger partial charge >= 0.3 is 0 Å². The highest BCUT2D eigenvalue weighted by molar-refractivity contribution is 5.75. The fraction of sp³-hybridized carbons (Fsp3) is 0.737. The molecule has 0 aromatic heterocycles. The molecule has 0 spiro atoms. The van der Waals surface area contributed by atoms with E-state index in [1.165, 1.54) is 5.57 Å². The lowest BCUT2D eigenvalue weighted by atomic mass is 9.67. The second-order valence-electron chi connectivity index (χ2n) is 7.13. The summed E-state index contributed by atoms with van der Waals surface area (Å²) in [7, 11) is 0. The molecular weight excluding hydrogens is 276 g/mol. The van der Waals surface area contributed by atoms with Crippen LogP contribution in [0.5, 0.6) is 0 Å². The van der Waals surface area contributed by atoms with Crippen molar-refractivity contribution >= 4 is 5.78 Å². The lowest BCUT2D eigenvalue weighted by molar-refractivity contribution is -0.117. The van der Waals surface area contributed by atoms with Crippen LogP contribution in [0.1, 0.15) is 58.8 Å². The molecule has 0 bridgehead atoms. The van der Waals surface area contributed by atoms with Gasteiger partial charge < -0.3 is 15.0 Å². The minimum absolute atomic E-state index is 0.203. The van der Waals surface area contributed by atoms with Crippen molar-refractivity contribution in [2.45, 2.75) is 71.0 Å². The van der Waals surface area contributed by atoms with Gasteiger partial charge in [0, 0.05) is 6.42 Å². The van der Waals surface area contributed by atoms with Crippen LogP contribution in [0.3, 0.4) is 0 Å². The van der Waals surface area contributed by atoms with Crippen LogP contribution < -0.4 is 0 Å². The first kappa shape index (κ1) is 17.4. The van der Waals surface area contributed by atoms with Gasteiger partial charge in [0.05, 0.1) is 12.2 Å². The van der Waals surface area contributed by atoms with Gasteiger partial charge in [0.2, 0.25) is 0 Å². The first-order chi connectivity index (χ1) is 10.5. The number of fused-ring (bicyclic) bond motifs is 1. The number of carbonyl (C=O) groups excluding carboxylic acids is 1. The zero-order valence-electron chi connectivity index (χ0n) is 13.9. The molecule has 5 unspecified atom stereocenters. The van der Waals surface area contributed by atoms with Crippen molar-refractivity contribution in [3.05, 3.63) is 23.8 Å². The summed E-state index contributed by atoms with van der Waals surface area (Å²) in [5.74, 6) is 1.83. The predicted octanol–water partition coefficient (Wildman–Crippen LogP) is 3.41. The van der Waals surface area contributed by atoms with Crippen LogP contribution >= 0.6 is 0 Å². The van der Waals surface area contributed by atoms with Crippen molar-refractivity contribution in [3.63, 3.8) is 0 Å². The van der Waals surface area contributed by atoms with Crippen LogP contribution in [-0.2, 0) is 4.79 Å². The summed E-state index contributed by atoms with van der Waals surface area (Å²) in [5, 5.41) is 19.9. The Labute approximate surface area is 134 Å². The van der Waals surface area contributed by atoms with Crippen LogP contribution in [0.4, 0.5) is 0 Å². The molecule has 0 aliphatic heterocycles. The molecule has 0 aromatic carbocycles. The number of ketones is 1. The highest BCUT2D eigenvalue weighted by Gasteiger charge is 2.33. The SMILES string of the molecule is CC(=O)CCCC(O)CCC1C(C)C=CC2=CC(O)CCC21. The smallest absolute Gasteiger partial charge is 0.129 e. The summed E-state index contributed by atoms with van der Waals surface area (Å²) in [5.41, 5.74) is 1.29. The van der Waals surface area contributed by atoms with E-state index < -0.39 is 0 Å². The number of aliphatic hydroxyl groups is 2. The van der Waals surface area contributed by atoms with Crippen LogP contribution in [0.25, 0.3) is 0 Å². The largest absolute Gasteiger partial charge is 0.393 e. The van der Waals surface area contributed by atoms with Crippen molar-refractivity contribution in [3.8, 4) is 0 Å². The van der Waals surface area contributed by atoms with E-state index in [0.29, 0.717) is 24.2 Å². The maximum atomic E-state index is 10.9. The first-order valence-corrected chi connectivity index (χ1v) is 8.73. The number of rotatable bonds is 7. The van der Waals surface area contributed by atoms with Gasteiger partial charge in [-0.3, -0.25) is 0 Å². The molecule has 0 aromatic rings. The fourth-order valence-corrected chi connectivity index (χ4v) is 3.94. The van der Waals surface area contributed by atoms with E-state index in [-0.39, 0.29) is 18.0 Å². The lowest BCUT2D eigenvalue weighted by Gasteiger charge is -2.38. The maximum Gasteiger partial charge on any atom is 0.129 e. The molecule has 3 heteroatoms. The van der Waals surface area contributed by atoms with E-state index in [0.717, 1.165) is 38.5 Å². The lowest BCUT2D eigenvalue weighted by Crippen LogP contribution is -2.30. The van der Waals surface area contributed by atoms with Crippen molar-refractivity contribution in [1.82, 2.24) is 0 Å². The van der Waals surface area contributed by atoms with E-state index in [1.54, 1.807) is 6.92 Å². The third-order valence-corrected chi connectivity index (χ3v) is 5.27. The molecule has 5 atom stereocenters. The molecule has 22 heavy (non-hydrogen) atoms. The number of carbonyl (C=O) groups is 1. The molecule has 0 radical (unpaired) electrons. The Hall–Kier alpha value is -0.930. The summed E-state index contributed by atoms with van der Waals surface area (Å²) in [6, 6.07) is 0. The quantitative estimate of drug-likeness (QED) is 0.758. The Kier molecular flexibility index (Phi) is 6.39. The number of Topliss-reactive ketones (excluding diaryl/α,β-unsaturated/α-hetero) is 1.